The molecule has 2 saturated heterocycles. The number of rotatable bonds is 2. The Labute approximate surface area is 102 Å². The lowest BCUT2D eigenvalue weighted by Gasteiger charge is -2.52. The largest absolute Gasteiger partial charge is 0.479 e. The van der Waals surface area contributed by atoms with Gasteiger partial charge in [-0.3, -0.25) is 9.59 Å². The average molecular weight is 256 g/mol. The highest BCUT2D eigenvalue weighted by Crippen LogP contribution is 2.39. The summed E-state index contributed by atoms with van der Waals surface area (Å²) in [6, 6.07) is -1.56. The number of fused-ring (bicyclic) bond motifs is 1. The fraction of sp³-hybridized carbons (Fsp3) is 0.500. The summed E-state index contributed by atoms with van der Waals surface area (Å²) < 4.78 is 0. The first kappa shape index (κ1) is 12.0. The molecule has 17 heavy (non-hydrogen) atoms. The summed E-state index contributed by atoms with van der Waals surface area (Å²) in [5.74, 6) is -1.23. The molecule has 0 bridgehead atoms. The van der Waals surface area contributed by atoms with E-state index in [1.807, 2.05) is 0 Å². The lowest BCUT2D eigenvalue weighted by Crippen LogP contribution is -2.74. The van der Waals surface area contributed by atoms with Gasteiger partial charge in [-0.15, -0.1) is 11.8 Å². The molecule has 7 heteroatoms. The van der Waals surface area contributed by atoms with Crippen LogP contribution in [0.5, 0.6) is 0 Å². The highest BCUT2D eigenvalue weighted by atomic mass is 32.2. The van der Waals surface area contributed by atoms with E-state index in [2.05, 4.69) is 11.9 Å². The van der Waals surface area contributed by atoms with Gasteiger partial charge in [0.15, 0.2) is 6.04 Å². The molecule has 2 amide bonds. The molecule has 0 aromatic rings. The second-order valence-corrected chi connectivity index (χ2v) is 5.13. The quantitative estimate of drug-likeness (QED) is 0.509. The summed E-state index contributed by atoms with van der Waals surface area (Å²) >= 11 is 1.42. The molecule has 2 aliphatic rings. The molecule has 0 aliphatic carbocycles. The van der Waals surface area contributed by atoms with Crippen molar-refractivity contribution < 1.29 is 19.5 Å². The van der Waals surface area contributed by atoms with E-state index in [9.17, 15) is 14.4 Å². The standard InChI is InChI=1S/C10H12N2O4S/c1-4-3-17-9-6(11-5(2)13)8(14)12(9)7(4)10(15)16/h6-7,9H,1,3H2,2H3,(H,11,13)(H,15,16)/t6?,7?,9-/m1/s1. The first-order chi connectivity index (χ1) is 7.93. The van der Waals surface area contributed by atoms with E-state index in [0.717, 1.165) is 0 Å². The van der Waals surface area contributed by atoms with Crippen LogP contribution in [-0.4, -0.2) is 51.0 Å². The molecule has 2 heterocycles. The van der Waals surface area contributed by atoms with Gasteiger partial charge in [-0.05, 0) is 5.57 Å². The minimum atomic E-state index is -1.07. The number of hydrogen-bond donors (Lipinski definition) is 2. The molecule has 2 N–H and O–H groups in total. The molecule has 2 unspecified atom stereocenters. The van der Waals surface area contributed by atoms with Crippen molar-refractivity contribution in [2.75, 3.05) is 5.75 Å². The van der Waals surface area contributed by atoms with Crippen LogP contribution in [-0.2, 0) is 14.4 Å². The lowest BCUT2D eigenvalue weighted by molar-refractivity contribution is -0.160. The van der Waals surface area contributed by atoms with Gasteiger partial charge in [-0.1, -0.05) is 6.58 Å². The van der Waals surface area contributed by atoms with E-state index in [1.165, 1.54) is 23.6 Å². The van der Waals surface area contributed by atoms with Crippen LogP contribution in [0.15, 0.2) is 12.2 Å². The van der Waals surface area contributed by atoms with Gasteiger partial charge in [0.2, 0.25) is 11.8 Å². The van der Waals surface area contributed by atoms with Crippen LogP contribution in [0.4, 0.5) is 0 Å². The second kappa shape index (κ2) is 4.06. The highest BCUT2D eigenvalue weighted by molar-refractivity contribution is 8.00. The van der Waals surface area contributed by atoms with Crippen molar-refractivity contribution in [1.82, 2.24) is 10.2 Å². The van der Waals surface area contributed by atoms with Crippen LogP contribution >= 0.6 is 11.8 Å². The van der Waals surface area contributed by atoms with Crippen molar-refractivity contribution in [3.63, 3.8) is 0 Å². The van der Waals surface area contributed by atoms with Gasteiger partial charge in [0.05, 0.1) is 0 Å². The predicted octanol–water partition coefficient (Wildman–Crippen LogP) is -0.584. The van der Waals surface area contributed by atoms with E-state index in [1.54, 1.807) is 0 Å². The summed E-state index contributed by atoms with van der Waals surface area (Å²) in [6.45, 7) is 5.00. The molecule has 0 saturated carbocycles. The smallest absolute Gasteiger partial charge is 0.330 e. The third-order valence-corrected chi connectivity index (χ3v) is 4.16. The fourth-order valence-corrected chi connectivity index (χ4v) is 3.36. The molecule has 0 spiro atoms. The normalized spacial score (nSPS) is 31.6. The number of carboxylic acids is 1. The Hall–Kier alpha value is -1.50. The van der Waals surface area contributed by atoms with Crippen molar-refractivity contribution >= 4 is 29.5 Å². The molecule has 92 valence electrons. The molecular formula is C10H12N2O4S. The van der Waals surface area contributed by atoms with E-state index >= 15 is 0 Å². The summed E-state index contributed by atoms with van der Waals surface area (Å²) in [7, 11) is 0. The average Bonchev–Trinajstić information content (AvgIpc) is 2.24. The Morgan fingerprint density at radius 2 is 2.24 bits per heavy atom. The number of β-lactam (4-membered cyclic amide) rings is 1. The number of carbonyl (C=O) groups excluding carboxylic acids is 2. The minimum absolute atomic E-state index is 0.292. The van der Waals surface area contributed by atoms with E-state index in [4.69, 9.17) is 5.11 Å². The zero-order chi connectivity index (χ0) is 12.7. The Morgan fingerprint density at radius 3 is 2.76 bits per heavy atom. The van der Waals surface area contributed by atoms with Crippen molar-refractivity contribution in [3.05, 3.63) is 12.2 Å². The first-order valence-electron chi connectivity index (χ1n) is 5.05. The third-order valence-electron chi connectivity index (χ3n) is 2.78. The SMILES string of the molecule is C=C1CS[C@@H]2C(NC(C)=O)C(=O)N2C1C(=O)O. The third kappa shape index (κ3) is 1.80. The number of aliphatic carboxylic acids is 1. The van der Waals surface area contributed by atoms with Gasteiger partial charge in [-0.2, -0.15) is 0 Å². The Bertz CT molecular complexity index is 423. The van der Waals surface area contributed by atoms with Crippen LogP contribution in [0.25, 0.3) is 0 Å². The molecule has 2 fully saturated rings. The maximum Gasteiger partial charge on any atom is 0.330 e. The fourth-order valence-electron chi connectivity index (χ4n) is 2.05. The predicted molar refractivity (Wildman–Crippen MR) is 61.3 cm³/mol. The Morgan fingerprint density at radius 1 is 1.59 bits per heavy atom. The van der Waals surface area contributed by atoms with Gasteiger partial charge in [0.25, 0.3) is 0 Å². The molecule has 0 aromatic heterocycles. The van der Waals surface area contributed by atoms with Gasteiger partial charge in [-0.25, -0.2) is 4.79 Å². The second-order valence-electron chi connectivity index (χ2n) is 4.02. The van der Waals surface area contributed by atoms with Gasteiger partial charge >= 0.3 is 5.97 Å². The molecule has 6 nitrogen and oxygen atoms in total. The van der Waals surface area contributed by atoms with Crippen molar-refractivity contribution in [1.29, 1.82) is 0 Å². The zero-order valence-electron chi connectivity index (χ0n) is 9.17. The monoisotopic (exact) mass is 256 g/mol. The highest BCUT2D eigenvalue weighted by Gasteiger charge is 2.55. The maximum atomic E-state index is 11.8. The number of carbonyl (C=O) groups is 3. The molecule has 2 aliphatic heterocycles. The molecule has 0 aromatic carbocycles. The number of carboxylic acid groups (broad SMARTS) is 1. The zero-order valence-corrected chi connectivity index (χ0v) is 9.99. The van der Waals surface area contributed by atoms with Gasteiger partial charge in [0, 0.05) is 12.7 Å². The number of amides is 2. The molecule has 3 atom stereocenters. The van der Waals surface area contributed by atoms with Crippen molar-refractivity contribution in [2.45, 2.75) is 24.4 Å². The molecule has 2 rings (SSSR count). The topological polar surface area (TPSA) is 86.7 Å². The van der Waals surface area contributed by atoms with E-state index in [-0.39, 0.29) is 17.2 Å². The van der Waals surface area contributed by atoms with Gasteiger partial charge in [0.1, 0.15) is 11.4 Å². The van der Waals surface area contributed by atoms with Crippen molar-refractivity contribution in [3.8, 4) is 0 Å². The van der Waals surface area contributed by atoms with Crippen LogP contribution in [0.2, 0.25) is 0 Å². The summed E-state index contributed by atoms with van der Waals surface area (Å²) in [4.78, 5) is 35.1. The summed E-state index contributed by atoms with van der Waals surface area (Å²) in [6.07, 6.45) is 0. The van der Waals surface area contributed by atoms with Crippen LogP contribution in [0, 0.1) is 0 Å². The van der Waals surface area contributed by atoms with Crippen LogP contribution < -0.4 is 5.32 Å². The minimum Gasteiger partial charge on any atom is -0.479 e. The number of hydrogen-bond acceptors (Lipinski definition) is 4. The van der Waals surface area contributed by atoms with E-state index < -0.39 is 18.1 Å². The van der Waals surface area contributed by atoms with Crippen molar-refractivity contribution in [2.24, 2.45) is 0 Å². The van der Waals surface area contributed by atoms with E-state index in [0.29, 0.717) is 11.3 Å². The summed E-state index contributed by atoms with van der Waals surface area (Å²) in [5.41, 5.74) is 0.508. The number of nitrogens with one attached hydrogen (secondary N) is 1. The summed E-state index contributed by atoms with van der Waals surface area (Å²) in [5, 5.41) is 11.3. The number of thioether (sulfide) groups is 1. The van der Waals surface area contributed by atoms with Crippen LogP contribution in [0.3, 0.4) is 0 Å². The lowest BCUT2D eigenvalue weighted by atomic mass is 9.99. The number of nitrogens with zero attached hydrogens (tertiary/aromatic N) is 1. The van der Waals surface area contributed by atoms with Gasteiger partial charge < -0.3 is 15.3 Å². The Balaban J connectivity index is 2.17. The molecular weight excluding hydrogens is 244 g/mol. The Kier molecular flexibility index (Phi) is 2.86. The maximum absolute atomic E-state index is 11.8. The molecule has 0 radical (unpaired) electrons. The van der Waals surface area contributed by atoms with Crippen LogP contribution in [0.1, 0.15) is 6.92 Å². The first-order valence-corrected chi connectivity index (χ1v) is 6.09.